The second kappa shape index (κ2) is 6.06. The number of nitrogens with zero attached hydrogens (tertiary/aromatic N) is 3. The van der Waals surface area contributed by atoms with Gasteiger partial charge in [0.05, 0.1) is 24.5 Å². The third-order valence-electron chi connectivity index (χ3n) is 4.28. The number of hydrogen-bond donors (Lipinski definition) is 1. The third kappa shape index (κ3) is 2.86. The summed E-state index contributed by atoms with van der Waals surface area (Å²) in [6, 6.07) is 0.0254. The Bertz CT molecular complexity index is 599. The Labute approximate surface area is 126 Å². The molecular weight excluding hydrogens is 290 g/mol. The van der Waals surface area contributed by atoms with Gasteiger partial charge in [0, 0.05) is 12.1 Å². The van der Waals surface area contributed by atoms with Crippen LogP contribution in [0.2, 0.25) is 0 Å². The van der Waals surface area contributed by atoms with Crippen LogP contribution in [0.3, 0.4) is 0 Å². The van der Waals surface area contributed by atoms with Crippen LogP contribution < -0.4 is 0 Å². The van der Waals surface area contributed by atoms with Crippen molar-refractivity contribution < 1.29 is 13.5 Å². The minimum Gasteiger partial charge on any atom is -0.394 e. The predicted octanol–water partition coefficient (Wildman–Crippen LogP) is 1.44. The molecule has 2 heterocycles. The Morgan fingerprint density at radius 1 is 1.24 bits per heavy atom. The lowest BCUT2D eigenvalue weighted by Crippen LogP contribution is -2.47. The van der Waals surface area contributed by atoms with Crippen LogP contribution in [-0.2, 0) is 16.6 Å². The van der Waals surface area contributed by atoms with Crippen LogP contribution in [-0.4, -0.2) is 46.3 Å². The summed E-state index contributed by atoms with van der Waals surface area (Å²) in [5.41, 5.74) is 1.11. The van der Waals surface area contributed by atoms with Gasteiger partial charge in [-0.25, -0.2) is 8.42 Å². The quantitative estimate of drug-likeness (QED) is 0.912. The van der Waals surface area contributed by atoms with Crippen molar-refractivity contribution in [3.05, 3.63) is 11.4 Å². The Hall–Kier alpha value is -0.920. The molecule has 6 nitrogen and oxygen atoms in total. The minimum absolute atomic E-state index is 0.0127. The molecule has 0 saturated carbocycles. The average Bonchev–Trinajstić information content (AvgIpc) is 2.64. The summed E-state index contributed by atoms with van der Waals surface area (Å²) in [5, 5.41) is 13.3. The highest BCUT2D eigenvalue weighted by atomic mass is 32.2. The topological polar surface area (TPSA) is 75.4 Å². The molecule has 1 N–H and O–H groups in total. The van der Waals surface area contributed by atoms with Crippen LogP contribution in [0.1, 0.15) is 44.5 Å². The zero-order valence-corrected chi connectivity index (χ0v) is 14.0. The maximum Gasteiger partial charge on any atom is 0.247 e. The van der Waals surface area contributed by atoms with Gasteiger partial charge in [-0.1, -0.05) is 6.42 Å². The van der Waals surface area contributed by atoms with Gasteiger partial charge in [0.2, 0.25) is 10.0 Å². The van der Waals surface area contributed by atoms with E-state index in [9.17, 15) is 8.42 Å². The van der Waals surface area contributed by atoms with E-state index in [1.807, 2.05) is 13.8 Å². The first-order valence-corrected chi connectivity index (χ1v) is 8.93. The molecule has 21 heavy (non-hydrogen) atoms. The van der Waals surface area contributed by atoms with E-state index in [4.69, 9.17) is 5.11 Å². The number of aryl methyl sites for hydroxylation is 1. The monoisotopic (exact) mass is 315 g/mol. The van der Waals surface area contributed by atoms with E-state index in [1.54, 1.807) is 22.8 Å². The molecule has 0 bridgehead atoms. The van der Waals surface area contributed by atoms with Crippen molar-refractivity contribution in [2.45, 2.75) is 70.5 Å². The number of rotatable bonds is 4. The van der Waals surface area contributed by atoms with E-state index < -0.39 is 10.0 Å². The number of aromatic nitrogens is 2. The lowest BCUT2D eigenvalue weighted by Gasteiger charge is -2.37. The molecule has 2 rings (SSSR count). The van der Waals surface area contributed by atoms with Crippen molar-refractivity contribution in [3.63, 3.8) is 0 Å². The molecule has 0 radical (unpaired) electrons. The molecule has 2 unspecified atom stereocenters. The summed E-state index contributed by atoms with van der Waals surface area (Å²) in [6.07, 6.45) is 2.86. The highest BCUT2D eigenvalue weighted by molar-refractivity contribution is 7.89. The van der Waals surface area contributed by atoms with Gasteiger partial charge in [-0.3, -0.25) is 4.68 Å². The normalized spacial score (nSPS) is 24.4. The second-order valence-electron chi connectivity index (χ2n) is 5.91. The highest BCUT2D eigenvalue weighted by Gasteiger charge is 2.38. The van der Waals surface area contributed by atoms with E-state index in [0.717, 1.165) is 19.3 Å². The van der Waals surface area contributed by atoms with Gasteiger partial charge < -0.3 is 5.11 Å². The maximum absolute atomic E-state index is 13.1. The first-order chi connectivity index (χ1) is 9.80. The first-order valence-electron chi connectivity index (χ1n) is 7.49. The maximum atomic E-state index is 13.1. The first kappa shape index (κ1) is 16.5. The van der Waals surface area contributed by atoms with Gasteiger partial charge in [-0.05, 0) is 40.5 Å². The molecule has 1 aliphatic rings. The van der Waals surface area contributed by atoms with Crippen molar-refractivity contribution in [1.29, 1.82) is 0 Å². The molecule has 1 aliphatic heterocycles. The zero-order chi connectivity index (χ0) is 15.8. The van der Waals surface area contributed by atoms with Crippen LogP contribution in [0.25, 0.3) is 0 Å². The van der Waals surface area contributed by atoms with Crippen molar-refractivity contribution in [2.24, 2.45) is 0 Å². The van der Waals surface area contributed by atoms with Crippen LogP contribution in [0.15, 0.2) is 4.90 Å². The largest absolute Gasteiger partial charge is 0.394 e. The number of sulfonamides is 1. The predicted molar refractivity (Wildman–Crippen MR) is 80.6 cm³/mol. The van der Waals surface area contributed by atoms with Gasteiger partial charge in [0.25, 0.3) is 0 Å². The van der Waals surface area contributed by atoms with E-state index in [-0.39, 0.29) is 18.7 Å². The van der Waals surface area contributed by atoms with Crippen molar-refractivity contribution in [1.82, 2.24) is 14.1 Å². The molecule has 0 aliphatic carbocycles. The fourth-order valence-corrected chi connectivity index (χ4v) is 5.61. The molecule has 0 aromatic carbocycles. The second-order valence-corrected chi connectivity index (χ2v) is 7.69. The number of aliphatic hydroxyl groups is 1. The fourth-order valence-electron chi connectivity index (χ4n) is 3.34. The van der Waals surface area contributed by atoms with Crippen LogP contribution >= 0.6 is 0 Å². The molecule has 1 aromatic heterocycles. The van der Waals surface area contributed by atoms with Crippen molar-refractivity contribution >= 4 is 10.0 Å². The molecule has 1 fully saturated rings. The fraction of sp³-hybridized carbons (Fsp3) is 0.786. The molecular formula is C14H25N3O3S. The van der Waals surface area contributed by atoms with Crippen molar-refractivity contribution in [2.75, 3.05) is 6.61 Å². The van der Waals surface area contributed by atoms with E-state index in [1.165, 1.54) is 0 Å². The minimum atomic E-state index is -3.55. The Kier molecular flexibility index (Phi) is 4.75. The summed E-state index contributed by atoms with van der Waals surface area (Å²) in [6.45, 7) is 7.66. The Balaban J connectivity index is 2.48. The van der Waals surface area contributed by atoms with Crippen LogP contribution in [0.4, 0.5) is 0 Å². The van der Waals surface area contributed by atoms with E-state index in [0.29, 0.717) is 22.8 Å². The lowest BCUT2D eigenvalue weighted by atomic mass is 10.0. The Morgan fingerprint density at radius 3 is 2.33 bits per heavy atom. The van der Waals surface area contributed by atoms with E-state index in [2.05, 4.69) is 5.10 Å². The number of aliphatic hydroxyl groups excluding tert-OH is 1. The van der Waals surface area contributed by atoms with Crippen LogP contribution in [0, 0.1) is 13.8 Å². The van der Waals surface area contributed by atoms with Gasteiger partial charge in [0.1, 0.15) is 4.90 Å². The summed E-state index contributed by atoms with van der Waals surface area (Å²) in [5.74, 6) is 0. The number of piperidine rings is 1. The summed E-state index contributed by atoms with van der Waals surface area (Å²) < 4.78 is 29.4. The smallest absolute Gasteiger partial charge is 0.247 e. The molecule has 7 heteroatoms. The molecule has 2 atom stereocenters. The molecule has 0 spiro atoms. The van der Waals surface area contributed by atoms with E-state index >= 15 is 0 Å². The molecule has 0 amide bonds. The zero-order valence-electron chi connectivity index (χ0n) is 13.2. The Morgan fingerprint density at radius 2 is 1.81 bits per heavy atom. The number of hydrogen-bond acceptors (Lipinski definition) is 4. The summed E-state index contributed by atoms with van der Waals surface area (Å²) in [7, 11) is -3.55. The summed E-state index contributed by atoms with van der Waals surface area (Å²) >= 11 is 0. The molecule has 1 saturated heterocycles. The summed E-state index contributed by atoms with van der Waals surface area (Å²) in [4.78, 5) is 0.302. The SMILES string of the molecule is Cc1nn(CCO)c(C)c1S(=O)(=O)N1C(C)CCCC1C. The standard InChI is InChI=1S/C14H25N3O3S/c1-10-6-5-7-11(2)17(10)21(19,20)14-12(3)15-16(8-9-18)13(14)4/h10-11,18H,5-9H2,1-4H3. The third-order valence-corrected chi connectivity index (χ3v) is 6.66. The molecule has 1 aromatic rings. The van der Waals surface area contributed by atoms with Gasteiger partial charge in [-0.2, -0.15) is 9.40 Å². The highest BCUT2D eigenvalue weighted by Crippen LogP contribution is 2.32. The molecule has 120 valence electrons. The lowest BCUT2D eigenvalue weighted by molar-refractivity contribution is 0.204. The van der Waals surface area contributed by atoms with Gasteiger partial charge in [-0.15, -0.1) is 0 Å². The van der Waals surface area contributed by atoms with Crippen molar-refractivity contribution in [3.8, 4) is 0 Å². The van der Waals surface area contributed by atoms with Crippen LogP contribution in [0.5, 0.6) is 0 Å². The van der Waals surface area contributed by atoms with Gasteiger partial charge >= 0.3 is 0 Å². The average molecular weight is 315 g/mol. The van der Waals surface area contributed by atoms with Gasteiger partial charge in [0.15, 0.2) is 0 Å².